The van der Waals surface area contributed by atoms with Crippen LogP contribution in [0, 0.1) is 0 Å². The second kappa shape index (κ2) is 4.57. The monoisotopic (exact) mass is 281 g/mol. The lowest BCUT2D eigenvalue weighted by Crippen LogP contribution is -1.90. The number of rotatable bonds is 3. The molecule has 0 radical (unpaired) electrons. The van der Waals surface area contributed by atoms with E-state index in [4.69, 9.17) is 10.5 Å². The van der Waals surface area contributed by atoms with Crippen molar-refractivity contribution in [3.05, 3.63) is 28.9 Å². The molecule has 0 aliphatic carbocycles. The quantitative estimate of drug-likeness (QED) is 0.909. The number of nitrogens with one attached hydrogen (secondary N) is 1. The molecule has 84 valence electrons. The Balaban J connectivity index is 2.31. The van der Waals surface area contributed by atoms with Gasteiger partial charge in [0.05, 0.1) is 6.61 Å². The highest BCUT2D eigenvalue weighted by atomic mass is 79.9. The van der Waals surface area contributed by atoms with Crippen LogP contribution in [-0.2, 0) is 0 Å². The van der Waals surface area contributed by atoms with Crippen molar-refractivity contribution < 1.29 is 4.74 Å². The molecule has 0 fully saturated rings. The summed E-state index contributed by atoms with van der Waals surface area (Å²) < 4.78 is 6.15. The number of nitrogens with zero attached hydrogens (tertiary/aromatic N) is 1. The Bertz CT molecular complexity index is 478. The van der Waals surface area contributed by atoms with Crippen LogP contribution in [0.15, 0.2) is 28.9 Å². The van der Waals surface area contributed by atoms with E-state index in [-0.39, 0.29) is 0 Å². The molecule has 2 rings (SSSR count). The average molecular weight is 282 g/mol. The first-order valence-corrected chi connectivity index (χ1v) is 5.74. The van der Waals surface area contributed by atoms with E-state index in [0.29, 0.717) is 12.6 Å². The molecule has 0 unspecified atom stereocenters. The zero-order valence-electron chi connectivity index (χ0n) is 8.83. The third kappa shape index (κ3) is 2.19. The van der Waals surface area contributed by atoms with Crippen molar-refractivity contribution in [1.29, 1.82) is 0 Å². The highest BCUT2D eigenvalue weighted by Gasteiger charge is 2.08. The number of nitrogens with two attached hydrogens (primary N) is 1. The normalized spacial score (nSPS) is 10.4. The number of H-pyrrole nitrogens is 1. The standard InChI is InChI=1S/C11H12BrN3O/c1-2-16-8-5-3-7(4-6-8)9-10(12)15-11(13)14-9/h3-6H,2H2,1H3,(H3,13,14,15). The van der Waals surface area contributed by atoms with Crippen molar-refractivity contribution in [3.63, 3.8) is 0 Å². The van der Waals surface area contributed by atoms with Crippen molar-refractivity contribution >= 4 is 21.9 Å². The minimum Gasteiger partial charge on any atom is -0.494 e. The Morgan fingerprint density at radius 1 is 1.38 bits per heavy atom. The smallest absolute Gasteiger partial charge is 0.198 e. The summed E-state index contributed by atoms with van der Waals surface area (Å²) in [5, 5.41) is 0. The van der Waals surface area contributed by atoms with E-state index >= 15 is 0 Å². The van der Waals surface area contributed by atoms with Crippen LogP contribution < -0.4 is 10.5 Å². The van der Waals surface area contributed by atoms with Crippen molar-refractivity contribution in [2.24, 2.45) is 0 Å². The summed E-state index contributed by atoms with van der Waals surface area (Å²) in [5.41, 5.74) is 7.37. The van der Waals surface area contributed by atoms with Crippen LogP contribution in [0.4, 0.5) is 5.95 Å². The Hall–Kier alpha value is -1.49. The fourth-order valence-corrected chi connectivity index (χ4v) is 1.96. The van der Waals surface area contributed by atoms with E-state index in [9.17, 15) is 0 Å². The molecule has 2 aromatic rings. The van der Waals surface area contributed by atoms with Crippen LogP contribution in [-0.4, -0.2) is 16.6 Å². The van der Waals surface area contributed by atoms with E-state index in [1.807, 2.05) is 31.2 Å². The van der Waals surface area contributed by atoms with Crippen LogP contribution in [0.3, 0.4) is 0 Å². The Kier molecular flexibility index (Phi) is 3.14. The van der Waals surface area contributed by atoms with Gasteiger partial charge in [0.25, 0.3) is 0 Å². The summed E-state index contributed by atoms with van der Waals surface area (Å²) >= 11 is 3.37. The number of aromatic amines is 1. The predicted octanol–water partition coefficient (Wildman–Crippen LogP) is 2.82. The molecule has 1 aromatic heterocycles. The number of halogens is 1. The van der Waals surface area contributed by atoms with Gasteiger partial charge in [-0.05, 0) is 47.1 Å². The third-order valence-corrected chi connectivity index (χ3v) is 2.69. The first-order valence-electron chi connectivity index (χ1n) is 4.95. The number of hydrogen-bond acceptors (Lipinski definition) is 3. The van der Waals surface area contributed by atoms with Crippen LogP contribution in [0.5, 0.6) is 5.75 Å². The number of ether oxygens (including phenoxy) is 1. The van der Waals surface area contributed by atoms with E-state index in [1.54, 1.807) is 0 Å². The number of aromatic nitrogens is 2. The first-order chi connectivity index (χ1) is 7.70. The van der Waals surface area contributed by atoms with Gasteiger partial charge in [-0.25, -0.2) is 4.98 Å². The number of benzene rings is 1. The van der Waals surface area contributed by atoms with Gasteiger partial charge < -0.3 is 15.5 Å². The molecule has 1 heterocycles. The fourth-order valence-electron chi connectivity index (χ4n) is 1.44. The van der Waals surface area contributed by atoms with E-state index < -0.39 is 0 Å². The number of imidazole rings is 1. The lowest BCUT2D eigenvalue weighted by molar-refractivity contribution is 0.340. The summed E-state index contributed by atoms with van der Waals surface area (Å²) in [6.07, 6.45) is 0. The molecule has 3 N–H and O–H groups in total. The van der Waals surface area contributed by atoms with Crippen LogP contribution in [0.25, 0.3) is 11.3 Å². The summed E-state index contributed by atoms with van der Waals surface area (Å²) in [7, 11) is 0. The van der Waals surface area contributed by atoms with Crippen LogP contribution >= 0.6 is 15.9 Å². The molecule has 0 saturated carbocycles. The highest BCUT2D eigenvalue weighted by Crippen LogP contribution is 2.27. The maximum atomic E-state index is 5.57. The van der Waals surface area contributed by atoms with Gasteiger partial charge in [-0.1, -0.05) is 0 Å². The molecular weight excluding hydrogens is 270 g/mol. The molecule has 0 atom stereocenters. The van der Waals surface area contributed by atoms with Gasteiger partial charge in [0.2, 0.25) is 0 Å². The van der Waals surface area contributed by atoms with Crippen molar-refractivity contribution in [1.82, 2.24) is 9.97 Å². The summed E-state index contributed by atoms with van der Waals surface area (Å²) in [6, 6.07) is 7.73. The first kappa shape index (κ1) is 11.0. The van der Waals surface area contributed by atoms with Gasteiger partial charge in [-0.2, -0.15) is 0 Å². The summed E-state index contributed by atoms with van der Waals surface area (Å²) in [6.45, 7) is 2.62. The molecule has 0 bridgehead atoms. The summed E-state index contributed by atoms with van der Waals surface area (Å²) in [4.78, 5) is 7.09. The lowest BCUT2D eigenvalue weighted by Gasteiger charge is -2.03. The molecule has 5 heteroatoms. The number of anilines is 1. The predicted molar refractivity (Wildman–Crippen MR) is 67.3 cm³/mol. The van der Waals surface area contributed by atoms with Gasteiger partial charge in [0, 0.05) is 5.56 Å². The van der Waals surface area contributed by atoms with Crippen molar-refractivity contribution in [2.75, 3.05) is 12.3 Å². The minimum absolute atomic E-state index is 0.399. The molecule has 1 aromatic carbocycles. The lowest BCUT2D eigenvalue weighted by atomic mass is 10.2. The van der Waals surface area contributed by atoms with Crippen molar-refractivity contribution in [2.45, 2.75) is 6.92 Å². The fraction of sp³-hybridized carbons (Fsp3) is 0.182. The average Bonchev–Trinajstić information content (AvgIpc) is 2.59. The largest absolute Gasteiger partial charge is 0.494 e. The van der Waals surface area contributed by atoms with Gasteiger partial charge >= 0.3 is 0 Å². The topological polar surface area (TPSA) is 63.9 Å². The van der Waals surface area contributed by atoms with Gasteiger partial charge in [0.1, 0.15) is 16.0 Å². The molecule has 4 nitrogen and oxygen atoms in total. The molecule has 0 spiro atoms. The maximum Gasteiger partial charge on any atom is 0.198 e. The highest BCUT2D eigenvalue weighted by molar-refractivity contribution is 9.10. The van der Waals surface area contributed by atoms with Crippen molar-refractivity contribution in [3.8, 4) is 17.0 Å². The summed E-state index contributed by atoms with van der Waals surface area (Å²) in [5.74, 6) is 1.25. The molecule has 0 aliphatic heterocycles. The Morgan fingerprint density at radius 3 is 2.56 bits per heavy atom. The zero-order chi connectivity index (χ0) is 11.5. The SMILES string of the molecule is CCOc1ccc(-c2nc(N)[nH]c2Br)cc1. The molecule has 0 saturated heterocycles. The number of nitrogen functional groups attached to an aromatic ring is 1. The molecule has 16 heavy (non-hydrogen) atoms. The van der Waals surface area contributed by atoms with E-state index in [1.165, 1.54) is 0 Å². The number of hydrogen-bond donors (Lipinski definition) is 2. The molecule has 0 aliphatic rings. The molecular formula is C11H12BrN3O. The molecule has 0 amide bonds. The Morgan fingerprint density at radius 2 is 2.06 bits per heavy atom. The second-order valence-corrected chi connectivity index (χ2v) is 4.04. The Labute approximate surface area is 102 Å². The van der Waals surface area contributed by atoms with Gasteiger partial charge in [-0.15, -0.1) is 0 Å². The van der Waals surface area contributed by atoms with Gasteiger partial charge in [-0.3, -0.25) is 0 Å². The third-order valence-electron chi connectivity index (χ3n) is 2.12. The second-order valence-electron chi connectivity index (χ2n) is 3.24. The van der Waals surface area contributed by atoms with Gasteiger partial charge in [0.15, 0.2) is 5.95 Å². The maximum absolute atomic E-state index is 5.57. The van der Waals surface area contributed by atoms with Crippen LogP contribution in [0.2, 0.25) is 0 Å². The van der Waals surface area contributed by atoms with E-state index in [2.05, 4.69) is 25.9 Å². The van der Waals surface area contributed by atoms with E-state index in [0.717, 1.165) is 21.6 Å². The minimum atomic E-state index is 0.399. The van der Waals surface area contributed by atoms with Crippen LogP contribution in [0.1, 0.15) is 6.92 Å². The zero-order valence-corrected chi connectivity index (χ0v) is 10.4.